The Morgan fingerprint density at radius 2 is 1.45 bits per heavy atom. The SMILES string of the molecule is CC(C)(C)OC(=O)NCc1ccc(C2CC2)c(C(=O)C2CCC(c3ccc(-c4ccccc4)cc3)CC2)n1. The molecule has 2 aliphatic carbocycles. The third-order valence-electron chi connectivity index (χ3n) is 7.63. The van der Waals surface area contributed by atoms with E-state index in [4.69, 9.17) is 9.72 Å². The monoisotopic (exact) mass is 510 g/mol. The Bertz CT molecular complexity index is 1270. The molecular formula is C33H38N2O3. The molecule has 3 aromatic rings. The minimum Gasteiger partial charge on any atom is -0.444 e. The van der Waals surface area contributed by atoms with Crippen LogP contribution in [-0.4, -0.2) is 22.5 Å². The van der Waals surface area contributed by atoms with Crippen molar-refractivity contribution in [2.75, 3.05) is 0 Å². The Hall–Kier alpha value is -3.47. The predicted molar refractivity (Wildman–Crippen MR) is 150 cm³/mol. The van der Waals surface area contributed by atoms with Crippen LogP contribution in [0.1, 0.15) is 98.4 Å². The molecule has 1 heterocycles. The molecule has 2 fully saturated rings. The summed E-state index contributed by atoms with van der Waals surface area (Å²) in [7, 11) is 0. The molecule has 0 saturated heterocycles. The number of carbonyl (C=O) groups excluding carboxylic acids is 2. The van der Waals surface area contributed by atoms with Gasteiger partial charge in [0.25, 0.3) is 0 Å². The normalized spacial score (nSPS) is 19.6. The molecule has 198 valence electrons. The van der Waals surface area contributed by atoms with Crippen LogP contribution in [0.4, 0.5) is 4.79 Å². The number of ether oxygens (including phenoxy) is 1. The highest BCUT2D eigenvalue weighted by atomic mass is 16.6. The maximum atomic E-state index is 13.7. The molecule has 1 aromatic heterocycles. The first kappa shape index (κ1) is 26.1. The fourth-order valence-corrected chi connectivity index (χ4v) is 5.47. The van der Waals surface area contributed by atoms with Gasteiger partial charge in [0.1, 0.15) is 11.3 Å². The summed E-state index contributed by atoms with van der Waals surface area (Å²) in [4.78, 5) is 30.6. The molecule has 2 aromatic carbocycles. The molecule has 2 saturated carbocycles. The van der Waals surface area contributed by atoms with Crippen molar-refractivity contribution < 1.29 is 14.3 Å². The van der Waals surface area contributed by atoms with Crippen LogP contribution in [0.5, 0.6) is 0 Å². The maximum Gasteiger partial charge on any atom is 0.407 e. The van der Waals surface area contributed by atoms with E-state index in [-0.39, 0.29) is 18.2 Å². The number of hydrogen-bond acceptors (Lipinski definition) is 4. The van der Waals surface area contributed by atoms with Gasteiger partial charge < -0.3 is 10.1 Å². The number of nitrogens with zero attached hydrogens (tertiary/aromatic N) is 1. The van der Waals surface area contributed by atoms with Gasteiger partial charge in [0.15, 0.2) is 5.78 Å². The highest BCUT2D eigenvalue weighted by Crippen LogP contribution is 2.43. The van der Waals surface area contributed by atoms with Crippen LogP contribution in [0.25, 0.3) is 11.1 Å². The van der Waals surface area contributed by atoms with Gasteiger partial charge in [-0.1, -0.05) is 60.7 Å². The summed E-state index contributed by atoms with van der Waals surface area (Å²) in [5, 5.41) is 2.77. The number of carbonyl (C=O) groups is 2. The average molecular weight is 511 g/mol. The molecule has 2 aliphatic rings. The molecule has 0 spiro atoms. The number of pyridine rings is 1. The number of benzene rings is 2. The minimum absolute atomic E-state index is 0.00825. The van der Waals surface area contributed by atoms with Gasteiger partial charge in [0, 0.05) is 5.92 Å². The molecule has 5 heteroatoms. The van der Waals surface area contributed by atoms with Crippen molar-refractivity contribution in [2.45, 2.75) is 83.3 Å². The van der Waals surface area contributed by atoms with Crippen molar-refractivity contribution in [1.29, 1.82) is 0 Å². The average Bonchev–Trinajstić information content (AvgIpc) is 3.77. The minimum atomic E-state index is -0.558. The van der Waals surface area contributed by atoms with Gasteiger partial charge in [-0.3, -0.25) is 4.79 Å². The second-order valence-corrected chi connectivity index (χ2v) is 11.8. The first-order valence-electron chi connectivity index (χ1n) is 13.9. The van der Waals surface area contributed by atoms with Gasteiger partial charge in [-0.2, -0.15) is 0 Å². The molecule has 0 unspecified atom stereocenters. The summed E-state index contributed by atoms with van der Waals surface area (Å²) in [6.45, 7) is 5.74. The van der Waals surface area contributed by atoms with Crippen molar-refractivity contribution in [3.63, 3.8) is 0 Å². The molecule has 0 aliphatic heterocycles. The topological polar surface area (TPSA) is 68.3 Å². The highest BCUT2D eigenvalue weighted by Gasteiger charge is 2.34. The third kappa shape index (κ3) is 6.50. The molecule has 0 radical (unpaired) electrons. The lowest BCUT2D eigenvalue weighted by atomic mass is 9.76. The lowest BCUT2D eigenvalue weighted by Crippen LogP contribution is -2.32. The van der Waals surface area contributed by atoms with Crippen LogP contribution < -0.4 is 5.32 Å². The number of ketones is 1. The van der Waals surface area contributed by atoms with Gasteiger partial charge in [0.05, 0.1) is 12.2 Å². The van der Waals surface area contributed by atoms with Crippen molar-refractivity contribution in [3.8, 4) is 11.1 Å². The summed E-state index contributed by atoms with van der Waals surface area (Å²) in [6, 6.07) is 23.4. The van der Waals surface area contributed by atoms with E-state index in [1.54, 1.807) is 0 Å². The summed E-state index contributed by atoms with van der Waals surface area (Å²) in [6.07, 6.45) is 5.55. The Morgan fingerprint density at radius 1 is 0.816 bits per heavy atom. The van der Waals surface area contributed by atoms with Crippen LogP contribution in [0.3, 0.4) is 0 Å². The quantitative estimate of drug-likeness (QED) is 0.329. The second kappa shape index (κ2) is 11.1. The van der Waals surface area contributed by atoms with E-state index in [1.807, 2.05) is 39.0 Å². The Kier molecular flexibility index (Phi) is 7.64. The zero-order chi connectivity index (χ0) is 26.7. The number of Topliss-reactive ketones (excluding diaryl/α,β-unsaturated/α-hetero) is 1. The van der Waals surface area contributed by atoms with E-state index in [9.17, 15) is 9.59 Å². The van der Waals surface area contributed by atoms with E-state index < -0.39 is 11.7 Å². The number of hydrogen-bond donors (Lipinski definition) is 1. The number of amides is 1. The van der Waals surface area contributed by atoms with E-state index in [0.717, 1.165) is 44.1 Å². The largest absolute Gasteiger partial charge is 0.444 e. The number of alkyl carbamates (subject to hydrolysis) is 1. The van der Waals surface area contributed by atoms with Crippen molar-refractivity contribution in [1.82, 2.24) is 10.3 Å². The fourth-order valence-electron chi connectivity index (χ4n) is 5.47. The summed E-state index contributed by atoms with van der Waals surface area (Å²) in [5.41, 5.74) is 5.66. The molecule has 1 amide bonds. The second-order valence-electron chi connectivity index (χ2n) is 11.8. The number of nitrogens with one attached hydrogen (secondary N) is 1. The van der Waals surface area contributed by atoms with E-state index in [0.29, 0.717) is 23.2 Å². The lowest BCUT2D eigenvalue weighted by Gasteiger charge is -2.28. The summed E-state index contributed by atoms with van der Waals surface area (Å²) < 4.78 is 5.33. The third-order valence-corrected chi connectivity index (χ3v) is 7.63. The Balaban J connectivity index is 1.22. The standard InChI is InChI=1S/C33H38N2O3/c1-33(2,3)38-32(37)34-21-28-19-20-29(26-15-16-26)30(35-28)31(36)27-17-13-25(14-18-27)24-11-9-23(10-12-24)22-7-5-4-6-8-22/h4-12,19-20,25-27H,13-18,21H2,1-3H3,(H,34,37). The van der Waals surface area contributed by atoms with Crippen molar-refractivity contribution >= 4 is 11.9 Å². The first-order chi connectivity index (χ1) is 18.3. The zero-order valence-electron chi connectivity index (χ0n) is 22.7. The molecule has 38 heavy (non-hydrogen) atoms. The molecule has 1 N–H and O–H groups in total. The van der Waals surface area contributed by atoms with Crippen LogP contribution in [0, 0.1) is 5.92 Å². The summed E-state index contributed by atoms with van der Waals surface area (Å²) >= 11 is 0. The van der Waals surface area contributed by atoms with Gasteiger partial charge in [-0.25, -0.2) is 9.78 Å². The van der Waals surface area contributed by atoms with Crippen LogP contribution in [0.15, 0.2) is 66.7 Å². The van der Waals surface area contributed by atoms with Gasteiger partial charge in [-0.15, -0.1) is 0 Å². The molecule has 5 nitrogen and oxygen atoms in total. The van der Waals surface area contributed by atoms with Gasteiger partial charge >= 0.3 is 6.09 Å². The predicted octanol–water partition coefficient (Wildman–Crippen LogP) is 7.81. The molecule has 0 atom stereocenters. The van der Waals surface area contributed by atoms with Crippen LogP contribution in [-0.2, 0) is 11.3 Å². The van der Waals surface area contributed by atoms with E-state index in [1.165, 1.54) is 16.7 Å². The van der Waals surface area contributed by atoms with Crippen LogP contribution in [0.2, 0.25) is 0 Å². The zero-order valence-corrected chi connectivity index (χ0v) is 22.7. The van der Waals surface area contributed by atoms with Gasteiger partial charge in [0.2, 0.25) is 0 Å². The summed E-state index contributed by atoms with van der Waals surface area (Å²) in [5.74, 6) is 1.11. The number of aromatic nitrogens is 1. The van der Waals surface area contributed by atoms with Crippen molar-refractivity contribution in [3.05, 3.63) is 89.2 Å². The lowest BCUT2D eigenvalue weighted by molar-refractivity contribution is 0.0523. The Labute approximate surface area is 226 Å². The van der Waals surface area contributed by atoms with Crippen LogP contribution >= 0.6 is 0 Å². The smallest absolute Gasteiger partial charge is 0.407 e. The molecule has 0 bridgehead atoms. The molecule has 5 rings (SSSR count). The Morgan fingerprint density at radius 3 is 2.08 bits per heavy atom. The van der Waals surface area contributed by atoms with E-state index in [2.05, 4.69) is 53.8 Å². The van der Waals surface area contributed by atoms with Gasteiger partial charge in [-0.05, 0) is 99.5 Å². The van der Waals surface area contributed by atoms with Crippen molar-refractivity contribution in [2.24, 2.45) is 5.92 Å². The molecular weight excluding hydrogens is 472 g/mol. The number of rotatable bonds is 7. The van der Waals surface area contributed by atoms with E-state index >= 15 is 0 Å². The highest BCUT2D eigenvalue weighted by molar-refractivity contribution is 5.97. The fraction of sp³-hybridized carbons (Fsp3) is 0.424. The first-order valence-corrected chi connectivity index (χ1v) is 13.9. The maximum absolute atomic E-state index is 13.7.